The first-order valence-corrected chi connectivity index (χ1v) is 38.7. The number of phosphoric ester groups is 2. The van der Waals surface area contributed by atoms with Crippen LogP contribution in [-0.4, -0.2) is 96.7 Å². The minimum atomic E-state index is -4.95. The Morgan fingerprint density at radius 2 is 0.545 bits per heavy atom. The van der Waals surface area contributed by atoms with Crippen LogP contribution < -0.4 is 0 Å². The van der Waals surface area contributed by atoms with Crippen LogP contribution in [0.2, 0.25) is 0 Å². The molecular formula is C69H134O17P2. The first kappa shape index (κ1) is 86.1. The normalized spacial score (nSPS) is 14.6. The smallest absolute Gasteiger partial charge is 0.462 e. The van der Waals surface area contributed by atoms with Crippen molar-refractivity contribution in [3.63, 3.8) is 0 Å². The number of esters is 4. The van der Waals surface area contributed by atoms with Crippen molar-refractivity contribution in [3.05, 3.63) is 0 Å². The maximum absolute atomic E-state index is 13.0. The van der Waals surface area contributed by atoms with Crippen LogP contribution in [0.15, 0.2) is 0 Å². The summed E-state index contributed by atoms with van der Waals surface area (Å²) in [5, 5.41) is 10.6. The van der Waals surface area contributed by atoms with Crippen molar-refractivity contribution in [3.8, 4) is 0 Å². The van der Waals surface area contributed by atoms with Gasteiger partial charge in [-0.1, -0.05) is 287 Å². The number of unbranched alkanes of at least 4 members (excludes halogenated alkanes) is 31. The quantitative estimate of drug-likeness (QED) is 0.0222. The molecule has 88 heavy (non-hydrogen) atoms. The van der Waals surface area contributed by atoms with Crippen molar-refractivity contribution in [2.45, 2.75) is 356 Å². The van der Waals surface area contributed by atoms with Crippen LogP contribution in [0, 0.1) is 23.7 Å². The number of aliphatic hydroxyl groups is 1. The van der Waals surface area contributed by atoms with E-state index >= 15 is 0 Å². The second-order valence-corrected chi connectivity index (χ2v) is 29.5. The van der Waals surface area contributed by atoms with E-state index < -0.39 is 97.5 Å². The zero-order chi connectivity index (χ0) is 65.4. The van der Waals surface area contributed by atoms with Crippen molar-refractivity contribution in [2.24, 2.45) is 23.7 Å². The summed E-state index contributed by atoms with van der Waals surface area (Å²) in [5.74, 6) is 0.855. The molecule has 0 aromatic heterocycles. The predicted octanol–water partition coefficient (Wildman–Crippen LogP) is 19.3. The molecule has 0 radical (unpaired) electrons. The van der Waals surface area contributed by atoms with Crippen LogP contribution >= 0.6 is 15.6 Å². The molecule has 0 bridgehead atoms. The molecule has 19 heteroatoms. The van der Waals surface area contributed by atoms with Gasteiger partial charge in [-0.05, 0) is 49.4 Å². The van der Waals surface area contributed by atoms with Crippen LogP contribution in [0.1, 0.15) is 338 Å². The molecule has 0 aliphatic heterocycles. The van der Waals surface area contributed by atoms with Gasteiger partial charge in [0.25, 0.3) is 0 Å². The molecule has 4 unspecified atom stereocenters. The zero-order valence-electron chi connectivity index (χ0n) is 57.3. The molecule has 0 saturated carbocycles. The summed E-state index contributed by atoms with van der Waals surface area (Å²) < 4.78 is 68.2. The molecule has 0 aromatic rings. The van der Waals surface area contributed by atoms with Crippen molar-refractivity contribution in [1.29, 1.82) is 0 Å². The lowest BCUT2D eigenvalue weighted by Crippen LogP contribution is -2.30. The number of carbonyl (C=O) groups excluding carboxylic acids is 4. The van der Waals surface area contributed by atoms with Crippen LogP contribution in [0.4, 0.5) is 0 Å². The van der Waals surface area contributed by atoms with Crippen LogP contribution in [0.5, 0.6) is 0 Å². The van der Waals surface area contributed by atoms with Gasteiger partial charge in [-0.3, -0.25) is 37.3 Å². The molecule has 3 N–H and O–H groups in total. The first-order valence-electron chi connectivity index (χ1n) is 35.7. The van der Waals surface area contributed by atoms with Gasteiger partial charge >= 0.3 is 39.5 Å². The summed E-state index contributed by atoms with van der Waals surface area (Å²) in [6, 6.07) is 0. The number of ether oxygens (including phenoxy) is 4. The molecule has 6 atom stereocenters. The first-order chi connectivity index (χ1) is 42.1. The number of aliphatic hydroxyl groups excluding tert-OH is 1. The second kappa shape index (κ2) is 58.8. The van der Waals surface area contributed by atoms with E-state index in [2.05, 4.69) is 55.4 Å². The molecule has 0 aliphatic carbocycles. The van der Waals surface area contributed by atoms with Crippen LogP contribution in [0.3, 0.4) is 0 Å². The van der Waals surface area contributed by atoms with Gasteiger partial charge in [-0.2, -0.15) is 0 Å². The zero-order valence-corrected chi connectivity index (χ0v) is 59.1. The summed E-state index contributed by atoms with van der Waals surface area (Å²) in [6.45, 7) is 14.1. The average Bonchev–Trinajstić information content (AvgIpc) is 3.57. The maximum atomic E-state index is 13.0. The van der Waals surface area contributed by atoms with Crippen molar-refractivity contribution in [1.82, 2.24) is 0 Å². The Labute approximate surface area is 537 Å². The van der Waals surface area contributed by atoms with E-state index in [1.165, 1.54) is 141 Å². The van der Waals surface area contributed by atoms with Crippen molar-refractivity contribution < 1.29 is 80.2 Å². The molecule has 0 aliphatic rings. The molecule has 0 amide bonds. The molecular weight excluding hydrogens is 1160 g/mol. The Bertz CT molecular complexity index is 1750. The molecule has 0 heterocycles. The van der Waals surface area contributed by atoms with Gasteiger partial charge in [-0.25, -0.2) is 9.13 Å². The van der Waals surface area contributed by atoms with Gasteiger partial charge in [0, 0.05) is 25.7 Å². The summed E-state index contributed by atoms with van der Waals surface area (Å²) >= 11 is 0. The van der Waals surface area contributed by atoms with Gasteiger partial charge in [0.1, 0.15) is 19.3 Å². The Morgan fingerprint density at radius 1 is 0.318 bits per heavy atom. The molecule has 0 fully saturated rings. The molecule has 0 saturated heterocycles. The Morgan fingerprint density at radius 3 is 0.807 bits per heavy atom. The number of carbonyl (C=O) groups is 4. The van der Waals surface area contributed by atoms with E-state index in [0.717, 1.165) is 114 Å². The van der Waals surface area contributed by atoms with E-state index in [0.29, 0.717) is 25.7 Å². The second-order valence-electron chi connectivity index (χ2n) is 26.6. The predicted molar refractivity (Wildman–Crippen MR) is 354 cm³/mol. The number of phosphoric acid groups is 2. The summed E-state index contributed by atoms with van der Waals surface area (Å²) in [6.07, 6.45) is 40.3. The highest BCUT2D eigenvalue weighted by atomic mass is 31.2. The lowest BCUT2D eigenvalue weighted by atomic mass is 9.99. The van der Waals surface area contributed by atoms with Gasteiger partial charge in [0.2, 0.25) is 0 Å². The number of hydrogen-bond donors (Lipinski definition) is 3. The fourth-order valence-electron chi connectivity index (χ4n) is 10.3. The molecule has 17 nitrogen and oxygen atoms in total. The van der Waals surface area contributed by atoms with E-state index in [1.807, 2.05) is 0 Å². The summed E-state index contributed by atoms with van der Waals surface area (Å²) in [5.41, 5.74) is 0. The SMILES string of the molecule is CCC(C)CCCCCCCCCCC(=O)OC[C@H](COP(=O)(O)OCC(O)COP(=O)(O)OC[C@@H](COC(=O)CCCCCCCCCCC(C)C)OC(=O)CCCCCCCCCCC(C)C)OC(=O)CCCCCCCCCCCCCC(C)C. The third-order valence-corrected chi connectivity index (χ3v) is 18.1. The highest BCUT2D eigenvalue weighted by Crippen LogP contribution is 2.45. The van der Waals surface area contributed by atoms with Gasteiger partial charge in [0.05, 0.1) is 26.4 Å². The Balaban J connectivity index is 5.27. The Kier molecular flexibility index (Phi) is 57.6. The lowest BCUT2D eigenvalue weighted by Gasteiger charge is -2.21. The minimum absolute atomic E-state index is 0.103. The summed E-state index contributed by atoms with van der Waals surface area (Å²) in [4.78, 5) is 72.5. The molecule has 0 rings (SSSR count). The van der Waals surface area contributed by atoms with E-state index in [4.69, 9.17) is 37.0 Å². The monoisotopic (exact) mass is 1300 g/mol. The van der Waals surface area contributed by atoms with E-state index in [9.17, 15) is 43.2 Å². The largest absolute Gasteiger partial charge is 0.472 e. The highest BCUT2D eigenvalue weighted by molar-refractivity contribution is 7.47. The van der Waals surface area contributed by atoms with Crippen LogP contribution in [-0.2, 0) is 65.4 Å². The van der Waals surface area contributed by atoms with Crippen LogP contribution in [0.25, 0.3) is 0 Å². The maximum Gasteiger partial charge on any atom is 0.472 e. The fourth-order valence-corrected chi connectivity index (χ4v) is 11.9. The molecule has 522 valence electrons. The van der Waals surface area contributed by atoms with Gasteiger partial charge in [-0.15, -0.1) is 0 Å². The van der Waals surface area contributed by atoms with E-state index in [1.54, 1.807) is 0 Å². The fraction of sp³-hybridized carbons (Fsp3) is 0.942. The van der Waals surface area contributed by atoms with Gasteiger partial charge in [0.15, 0.2) is 12.2 Å². The van der Waals surface area contributed by atoms with Gasteiger partial charge < -0.3 is 33.8 Å². The average molecular weight is 1300 g/mol. The lowest BCUT2D eigenvalue weighted by molar-refractivity contribution is -0.161. The van der Waals surface area contributed by atoms with Crippen molar-refractivity contribution >= 4 is 39.5 Å². The highest BCUT2D eigenvalue weighted by Gasteiger charge is 2.30. The number of hydrogen-bond acceptors (Lipinski definition) is 15. The minimum Gasteiger partial charge on any atom is -0.462 e. The molecule has 0 spiro atoms. The third kappa shape index (κ3) is 61.6. The molecule has 0 aromatic carbocycles. The number of rotatable bonds is 66. The van der Waals surface area contributed by atoms with E-state index in [-0.39, 0.29) is 25.7 Å². The topological polar surface area (TPSA) is 237 Å². The summed E-state index contributed by atoms with van der Waals surface area (Å²) in [7, 11) is -9.90. The van der Waals surface area contributed by atoms with Crippen molar-refractivity contribution in [2.75, 3.05) is 39.6 Å². The standard InChI is InChI=1S/C69H134O17P2/c1-9-62(8)48-40-32-24-17-20-26-34-42-50-67(72)80-55-64(85-68(73)51-43-35-27-14-12-10-11-13-21-29-37-45-59(2)3)57-83-87(75,76)81-53-63(70)54-82-88(77,78)84-58-65(86-69(74)52-44-36-28-19-16-23-31-39-47-61(6)7)56-79-66(71)49-41-33-25-18-15-22-30-38-46-60(4)5/h59-65,70H,9-58H2,1-8H3,(H,75,76)(H,77,78)/t62?,63?,64-,65-/m1/s1. The third-order valence-electron chi connectivity index (χ3n) is 16.2. The Hall–Kier alpha value is -1.94.